The summed E-state index contributed by atoms with van der Waals surface area (Å²) in [5.41, 5.74) is -3.37. The van der Waals surface area contributed by atoms with Crippen molar-refractivity contribution in [1.29, 1.82) is 0 Å². The largest absolute Gasteiger partial charge is 0.461 e. The topological polar surface area (TPSA) is 122 Å². The van der Waals surface area contributed by atoms with Gasteiger partial charge in [-0.1, -0.05) is 0 Å². The summed E-state index contributed by atoms with van der Waals surface area (Å²) in [6.07, 6.45) is -5.15. The molecule has 2 heterocycles. The predicted molar refractivity (Wildman–Crippen MR) is 129 cm³/mol. The fraction of sp³-hybridized carbons (Fsp3) is 0.636. The summed E-state index contributed by atoms with van der Waals surface area (Å²) in [7, 11) is 0. The molecule has 0 saturated carbocycles. The Morgan fingerprint density at radius 3 is 2.32 bits per heavy atom. The standard InChI is InChI=1S/C22H31F3N4O7S/c1-6-33-16(30)15-14(8-9-26-15)29(17(37)27-18(31)34-7-2)10-11-35-21(22(23,24)25)12-28(13-21)19(32)36-20(3,4)5/h8-9,26H,6-7,10-13H2,1-5H3,(H,27,31,37). The lowest BCUT2D eigenvalue weighted by Crippen LogP contribution is -2.72. The number of nitrogens with one attached hydrogen (secondary N) is 2. The minimum Gasteiger partial charge on any atom is -0.461 e. The Hall–Kier alpha value is -3.07. The van der Waals surface area contributed by atoms with Gasteiger partial charge in [0, 0.05) is 12.7 Å². The van der Waals surface area contributed by atoms with Gasteiger partial charge in [-0.15, -0.1) is 0 Å². The van der Waals surface area contributed by atoms with Gasteiger partial charge in [0.1, 0.15) is 11.3 Å². The highest BCUT2D eigenvalue weighted by Crippen LogP contribution is 2.41. The van der Waals surface area contributed by atoms with Crippen LogP contribution in [-0.2, 0) is 18.9 Å². The van der Waals surface area contributed by atoms with Crippen molar-refractivity contribution in [3.05, 3.63) is 18.0 Å². The molecule has 1 fully saturated rings. The minimum atomic E-state index is -4.79. The molecule has 208 valence electrons. The second-order valence-corrected chi connectivity index (χ2v) is 9.32. The number of amides is 2. The number of hydrogen-bond donors (Lipinski definition) is 2. The van der Waals surface area contributed by atoms with E-state index < -0.39 is 55.2 Å². The van der Waals surface area contributed by atoms with Crippen molar-refractivity contribution in [2.24, 2.45) is 0 Å². The Morgan fingerprint density at radius 1 is 1.16 bits per heavy atom. The van der Waals surface area contributed by atoms with Crippen molar-refractivity contribution in [2.75, 3.05) is 44.4 Å². The summed E-state index contributed by atoms with van der Waals surface area (Å²) >= 11 is 5.25. The molecule has 2 amide bonds. The van der Waals surface area contributed by atoms with Crippen LogP contribution in [0.5, 0.6) is 0 Å². The molecule has 0 atom stereocenters. The van der Waals surface area contributed by atoms with Crippen molar-refractivity contribution < 1.29 is 46.5 Å². The Kier molecular flexibility index (Phi) is 9.77. The van der Waals surface area contributed by atoms with Crippen LogP contribution in [0.25, 0.3) is 0 Å². The molecule has 0 spiro atoms. The van der Waals surface area contributed by atoms with Crippen LogP contribution in [0.1, 0.15) is 45.1 Å². The van der Waals surface area contributed by atoms with Crippen LogP contribution in [0.3, 0.4) is 0 Å². The number of halogens is 3. The van der Waals surface area contributed by atoms with Crippen LogP contribution < -0.4 is 10.2 Å². The number of esters is 1. The maximum absolute atomic E-state index is 13.9. The summed E-state index contributed by atoms with van der Waals surface area (Å²) in [4.78, 5) is 41.2. The summed E-state index contributed by atoms with van der Waals surface area (Å²) in [5, 5.41) is 2.06. The van der Waals surface area contributed by atoms with Gasteiger partial charge in [0.15, 0.2) is 10.7 Å². The Balaban J connectivity index is 2.19. The van der Waals surface area contributed by atoms with Crippen LogP contribution in [0.15, 0.2) is 12.3 Å². The number of alkyl halides is 3. The highest BCUT2D eigenvalue weighted by molar-refractivity contribution is 7.80. The number of alkyl carbamates (subject to hydrolysis) is 1. The smallest absolute Gasteiger partial charge is 0.420 e. The van der Waals surface area contributed by atoms with Crippen LogP contribution in [0.4, 0.5) is 28.4 Å². The molecule has 0 bridgehead atoms. The quantitative estimate of drug-likeness (QED) is 0.283. The number of hydrogen-bond acceptors (Lipinski definition) is 8. The van der Waals surface area contributed by atoms with E-state index in [1.807, 2.05) is 0 Å². The van der Waals surface area contributed by atoms with Crippen LogP contribution >= 0.6 is 12.2 Å². The molecule has 37 heavy (non-hydrogen) atoms. The average molecular weight is 553 g/mol. The van der Waals surface area contributed by atoms with Crippen LogP contribution in [-0.4, -0.2) is 90.0 Å². The number of anilines is 1. The lowest BCUT2D eigenvalue weighted by atomic mass is 9.93. The number of H-pyrrole nitrogens is 1. The monoisotopic (exact) mass is 552 g/mol. The van der Waals surface area contributed by atoms with Crippen molar-refractivity contribution in [1.82, 2.24) is 15.2 Å². The van der Waals surface area contributed by atoms with Crippen LogP contribution in [0.2, 0.25) is 0 Å². The number of ether oxygens (including phenoxy) is 4. The number of aromatic nitrogens is 1. The van der Waals surface area contributed by atoms with Gasteiger partial charge in [-0.3, -0.25) is 5.32 Å². The molecule has 15 heteroatoms. The molecule has 1 aliphatic heterocycles. The Bertz CT molecular complexity index is 988. The maximum Gasteiger partial charge on any atom is 0.420 e. The average Bonchev–Trinajstić information content (AvgIpc) is 3.19. The molecule has 1 aromatic heterocycles. The van der Waals surface area contributed by atoms with Crippen molar-refractivity contribution in [2.45, 2.75) is 52.0 Å². The van der Waals surface area contributed by atoms with Gasteiger partial charge in [0.2, 0.25) is 0 Å². The first-order chi connectivity index (χ1) is 17.1. The molecular weight excluding hydrogens is 521 g/mol. The van der Waals surface area contributed by atoms with Crippen molar-refractivity contribution >= 4 is 41.2 Å². The first kappa shape index (κ1) is 30.2. The molecule has 0 radical (unpaired) electrons. The molecule has 1 aromatic rings. The number of nitrogens with zero attached hydrogens (tertiary/aromatic N) is 2. The summed E-state index contributed by atoms with van der Waals surface area (Å²) in [6.45, 7) is 5.79. The molecule has 2 rings (SSSR count). The van der Waals surface area contributed by atoms with E-state index in [9.17, 15) is 27.6 Å². The second-order valence-electron chi connectivity index (χ2n) is 8.94. The SMILES string of the molecule is CCOC(=O)NC(=S)N(CCOC1(C(F)(F)F)CN(C(=O)OC(C)(C)C)C1)c1cc[nH]c1C(=O)OCC. The van der Waals surface area contributed by atoms with Gasteiger partial charge in [0.25, 0.3) is 0 Å². The number of likely N-dealkylation sites (tertiary alicyclic amines) is 1. The molecule has 0 aliphatic carbocycles. The van der Waals surface area contributed by atoms with E-state index in [0.29, 0.717) is 0 Å². The first-order valence-electron chi connectivity index (χ1n) is 11.4. The normalized spacial score (nSPS) is 14.9. The van der Waals surface area contributed by atoms with E-state index in [2.05, 4.69) is 10.3 Å². The maximum atomic E-state index is 13.9. The highest BCUT2D eigenvalue weighted by atomic mass is 32.1. The zero-order chi connectivity index (χ0) is 28.0. The van der Waals surface area contributed by atoms with Gasteiger partial charge in [-0.25, -0.2) is 14.4 Å². The van der Waals surface area contributed by atoms with E-state index in [-0.39, 0.29) is 36.3 Å². The third-order valence-corrected chi connectivity index (χ3v) is 5.30. The molecular formula is C22H31F3N4O7S. The zero-order valence-corrected chi connectivity index (χ0v) is 22.0. The van der Waals surface area contributed by atoms with Gasteiger partial charge < -0.3 is 33.7 Å². The van der Waals surface area contributed by atoms with Crippen molar-refractivity contribution in [3.63, 3.8) is 0 Å². The van der Waals surface area contributed by atoms with E-state index in [1.165, 1.54) is 17.2 Å². The number of carbonyl (C=O) groups is 3. The van der Waals surface area contributed by atoms with Gasteiger partial charge in [-0.2, -0.15) is 13.2 Å². The van der Waals surface area contributed by atoms with Crippen LogP contribution in [0, 0.1) is 0 Å². The van der Waals surface area contributed by atoms with Gasteiger partial charge >= 0.3 is 24.3 Å². The molecule has 0 unspecified atom stereocenters. The lowest BCUT2D eigenvalue weighted by molar-refractivity contribution is -0.312. The third kappa shape index (κ3) is 7.71. The second kappa shape index (κ2) is 12.0. The van der Waals surface area contributed by atoms with E-state index in [4.69, 9.17) is 31.2 Å². The molecule has 11 nitrogen and oxygen atoms in total. The van der Waals surface area contributed by atoms with E-state index in [0.717, 1.165) is 4.90 Å². The fourth-order valence-corrected chi connectivity index (χ4v) is 3.59. The molecule has 0 aromatic carbocycles. The van der Waals surface area contributed by atoms with Gasteiger partial charge in [-0.05, 0) is 52.9 Å². The molecule has 2 N–H and O–H groups in total. The molecule has 1 saturated heterocycles. The van der Waals surface area contributed by atoms with Gasteiger partial charge in [0.05, 0.1) is 38.6 Å². The Morgan fingerprint density at radius 2 is 1.78 bits per heavy atom. The molecule has 1 aliphatic rings. The predicted octanol–water partition coefficient (Wildman–Crippen LogP) is 3.60. The van der Waals surface area contributed by atoms with E-state index in [1.54, 1.807) is 34.6 Å². The number of aromatic amines is 1. The highest BCUT2D eigenvalue weighted by Gasteiger charge is 2.64. The van der Waals surface area contributed by atoms with Crippen molar-refractivity contribution in [3.8, 4) is 0 Å². The zero-order valence-electron chi connectivity index (χ0n) is 21.2. The number of carbonyl (C=O) groups excluding carboxylic acids is 3. The number of thiocarbonyl (C=S) groups is 1. The third-order valence-electron chi connectivity index (χ3n) is 4.98. The minimum absolute atomic E-state index is 0.0276. The first-order valence-corrected chi connectivity index (χ1v) is 11.8. The lowest BCUT2D eigenvalue weighted by Gasteiger charge is -2.49. The Labute approximate surface area is 217 Å². The number of rotatable bonds is 8. The summed E-state index contributed by atoms with van der Waals surface area (Å²) < 4.78 is 61.9. The van der Waals surface area contributed by atoms with E-state index >= 15 is 0 Å². The summed E-state index contributed by atoms with van der Waals surface area (Å²) in [6, 6.07) is 1.44. The summed E-state index contributed by atoms with van der Waals surface area (Å²) in [5.74, 6) is -0.730. The fourth-order valence-electron chi connectivity index (χ4n) is 3.32.